The Hall–Kier alpha value is -0.880. The molecule has 0 aromatic carbocycles. The Kier molecular flexibility index (Phi) is 3.62. The van der Waals surface area contributed by atoms with E-state index in [9.17, 15) is 8.42 Å². The summed E-state index contributed by atoms with van der Waals surface area (Å²) in [5, 5.41) is 6.77. The molecule has 2 aliphatic rings. The molecule has 1 atom stereocenters. The van der Waals surface area contributed by atoms with Gasteiger partial charge in [-0.2, -0.15) is 5.10 Å². The van der Waals surface area contributed by atoms with Gasteiger partial charge in [-0.3, -0.25) is 5.10 Å². The van der Waals surface area contributed by atoms with E-state index in [1.54, 1.807) is 10.5 Å². The Morgan fingerprint density at radius 1 is 1.21 bits per heavy atom. The van der Waals surface area contributed by atoms with Gasteiger partial charge in [-0.05, 0) is 25.3 Å². The predicted molar refractivity (Wildman–Crippen MR) is 73.3 cm³/mol. The van der Waals surface area contributed by atoms with Crippen LogP contribution >= 0.6 is 0 Å². The highest BCUT2D eigenvalue weighted by atomic mass is 32.2. The van der Waals surface area contributed by atoms with Crippen molar-refractivity contribution in [3.63, 3.8) is 0 Å². The summed E-state index contributed by atoms with van der Waals surface area (Å²) < 4.78 is 26.9. The largest absolute Gasteiger partial charge is 0.282 e. The van der Waals surface area contributed by atoms with Crippen LogP contribution in [0.15, 0.2) is 12.3 Å². The molecule has 5 nitrogen and oxygen atoms in total. The molecule has 19 heavy (non-hydrogen) atoms. The van der Waals surface area contributed by atoms with Crippen molar-refractivity contribution in [2.24, 2.45) is 0 Å². The predicted octanol–water partition coefficient (Wildman–Crippen LogP) is 1.86. The van der Waals surface area contributed by atoms with Crippen molar-refractivity contribution in [2.45, 2.75) is 49.7 Å². The zero-order chi connectivity index (χ0) is 13.3. The second kappa shape index (κ2) is 5.25. The minimum Gasteiger partial charge on any atom is -0.282 e. The average molecular weight is 283 g/mol. The van der Waals surface area contributed by atoms with E-state index >= 15 is 0 Å². The van der Waals surface area contributed by atoms with Crippen LogP contribution in [0.25, 0.3) is 0 Å². The summed E-state index contributed by atoms with van der Waals surface area (Å²) in [5.74, 6) is 0.279. The average Bonchev–Trinajstić information content (AvgIpc) is 3.10. The third-order valence-electron chi connectivity index (χ3n) is 4.45. The van der Waals surface area contributed by atoms with Crippen LogP contribution in [-0.2, 0) is 10.0 Å². The molecule has 1 aromatic rings. The fraction of sp³-hybridized carbons (Fsp3) is 0.769. The maximum atomic E-state index is 12.6. The molecule has 1 saturated heterocycles. The summed E-state index contributed by atoms with van der Waals surface area (Å²) in [7, 11) is -3.09. The van der Waals surface area contributed by atoms with E-state index in [0.29, 0.717) is 13.1 Å². The molecule has 2 fully saturated rings. The SMILES string of the molecule is O=S(=O)(C1CCCCC1)N1CCC(c2ccn[nH]2)C1. The van der Waals surface area contributed by atoms with Crippen LogP contribution in [0.4, 0.5) is 0 Å². The summed E-state index contributed by atoms with van der Waals surface area (Å²) in [4.78, 5) is 0. The standard InChI is InChI=1S/C13H21N3O2S/c17-19(18,12-4-2-1-3-5-12)16-9-7-11(10-16)13-6-8-14-15-13/h6,8,11-12H,1-5,7,9-10H2,(H,14,15). The number of aromatic amines is 1. The zero-order valence-electron chi connectivity index (χ0n) is 11.1. The number of nitrogens with zero attached hydrogens (tertiary/aromatic N) is 2. The lowest BCUT2D eigenvalue weighted by atomic mass is 10.0. The van der Waals surface area contributed by atoms with Gasteiger partial charge >= 0.3 is 0 Å². The first-order chi connectivity index (χ1) is 9.18. The molecule has 0 amide bonds. The molecule has 3 rings (SSSR count). The fourth-order valence-electron chi connectivity index (χ4n) is 3.28. The van der Waals surface area contributed by atoms with Gasteiger partial charge in [0.05, 0.1) is 5.25 Å². The third kappa shape index (κ3) is 2.56. The van der Waals surface area contributed by atoms with Crippen molar-refractivity contribution in [3.8, 4) is 0 Å². The van der Waals surface area contributed by atoms with E-state index in [4.69, 9.17) is 0 Å². The van der Waals surface area contributed by atoms with Crippen molar-refractivity contribution in [1.29, 1.82) is 0 Å². The summed E-state index contributed by atoms with van der Waals surface area (Å²) in [6.45, 7) is 1.27. The highest BCUT2D eigenvalue weighted by Gasteiger charge is 2.37. The Bertz CT molecular complexity index is 506. The van der Waals surface area contributed by atoms with Crippen LogP contribution in [-0.4, -0.2) is 41.3 Å². The van der Waals surface area contributed by atoms with E-state index in [1.807, 2.05) is 6.07 Å². The molecule has 1 saturated carbocycles. The zero-order valence-corrected chi connectivity index (χ0v) is 11.9. The smallest absolute Gasteiger partial charge is 0.217 e. The van der Waals surface area contributed by atoms with Crippen LogP contribution < -0.4 is 0 Å². The van der Waals surface area contributed by atoms with Crippen LogP contribution in [0, 0.1) is 0 Å². The molecule has 106 valence electrons. The molecule has 1 aliphatic carbocycles. The lowest BCUT2D eigenvalue weighted by molar-refractivity contribution is 0.426. The first kappa shape index (κ1) is 13.1. The third-order valence-corrected chi connectivity index (χ3v) is 6.81. The lowest BCUT2D eigenvalue weighted by Crippen LogP contribution is -2.38. The molecular formula is C13H21N3O2S. The number of hydrogen-bond donors (Lipinski definition) is 1. The minimum atomic E-state index is -3.09. The van der Waals surface area contributed by atoms with Crippen molar-refractivity contribution in [2.75, 3.05) is 13.1 Å². The maximum Gasteiger partial charge on any atom is 0.217 e. The number of nitrogens with one attached hydrogen (secondary N) is 1. The topological polar surface area (TPSA) is 66.1 Å². The van der Waals surface area contributed by atoms with Crippen LogP contribution in [0.3, 0.4) is 0 Å². The second-order valence-corrected chi connectivity index (χ2v) is 7.87. The van der Waals surface area contributed by atoms with Gasteiger partial charge in [-0.25, -0.2) is 12.7 Å². The van der Waals surface area contributed by atoms with E-state index in [2.05, 4.69) is 10.2 Å². The molecular weight excluding hydrogens is 262 g/mol. The van der Waals surface area contributed by atoms with Gasteiger partial charge in [0.2, 0.25) is 10.0 Å². The number of rotatable bonds is 3. The first-order valence-electron chi connectivity index (χ1n) is 7.16. The second-order valence-electron chi connectivity index (χ2n) is 5.66. The van der Waals surface area contributed by atoms with Crippen LogP contribution in [0.5, 0.6) is 0 Å². The number of aromatic nitrogens is 2. The van der Waals surface area contributed by atoms with E-state index in [1.165, 1.54) is 6.42 Å². The summed E-state index contributed by atoms with van der Waals surface area (Å²) >= 11 is 0. The number of H-pyrrole nitrogens is 1. The van der Waals surface area contributed by atoms with Gasteiger partial charge in [-0.15, -0.1) is 0 Å². The van der Waals surface area contributed by atoms with E-state index in [0.717, 1.165) is 37.8 Å². The fourth-order valence-corrected chi connectivity index (χ4v) is 5.38. The van der Waals surface area contributed by atoms with Crippen molar-refractivity contribution in [1.82, 2.24) is 14.5 Å². The maximum absolute atomic E-state index is 12.6. The Morgan fingerprint density at radius 3 is 2.68 bits per heavy atom. The van der Waals surface area contributed by atoms with Crippen molar-refractivity contribution >= 4 is 10.0 Å². The van der Waals surface area contributed by atoms with Crippen molar-refractivity contribution < 1.29 is 8.42 Å². The molecule has 0 spiro atoms. The molecule has 1 N–H and O–H groups in total. The summed E-state index contributed by atoms with van der Waals surface area (Å²) in [6.07, 6.45) is 7.61. The molecule has 1 aliphatic heterocycles. The van der Waals surface area contributed by atoms with Gasteiger partial charge in [-0.1, -0.05) is 19.3 Å². The van der Waals surface area contributed by atoms with E-state index < -0.39 is 10.0 Å². The number of hydrogen-bond acceptors (Lipinski definition) is 3. The van der Waals surface area contributed by atoms with Gasteiger partial charge in [0, 0.05) is 30.9 Å². The van der Waals surface area contributed by atoms with Crippen LogP contribution in [0.2, 0.25) is 0 Å². The molecule has 1 unspecified atom stereocenters. The molecule has 6 heteroatoms. The molecule has 0 bridgehead atoms. The summed E-state index contributed by atoms with van der Waals surface area (Å²) in [6, 6.07) is 1.95. The van der Waals surface area contributed by atoms with E-state index in [-0.39, 0.29) is 11.2 Å². The van der Waals surface area contributed by atoms with Gasteiger partial charge in [0.25, 0.3) is 0 Å². The lowest BCUT2D eigenvalue weighted by Gasteiger charge is -2.26. The Morgan fingerprint density at radius 2 is 2.00 bits per heavy atom. The molecule has 2 heterocycles. The summed E-state index contributed by atoms with van der Waals surface area (Å²) in [5.41, 5.74) is 1.06. The van der Waals surface area contributed by atoms with Gasteiger partial charge in [0.15, 0.2) is 0 Å². The van der Waals surface area contributed by atoms with Crippen LogP contribution in [0.1, 0.15) is 50.1 Å². The van der Waals surface area contributed by atoms with Gasteiger partial charge < -0.3 is 0 Å². The minimum absolute atomic E-state index is 0.137. The monoisotopic (exact) mass is 283 g/mol. The highest BCUT2D eigenvalue weighted by molar-refractivity contribution is 7.89. The first-order valence-corrected chi connectivity index (χ1v) is 8.66. The Balaban J connectivity index is 1.69. The van der Waals surface area contributed by atoms with Crippen molar-refractivity contribution in [3.05, 3.63) is 18.0 Å². The molecule has 0 radical (unpaired) electrons. The van der Waals surface area contributed by atoms with Gasteiger partial charge in [0.1, 0.15) is 0 Å². The number of sulfonamides is 1. The normalized spacial score (nSPS) is 26.8. The molecule has 1 aromatic heterocycles. The quantitative estimate of drug-likeness (QED) is 0.920. The Labute approximate surface area is 114 Å². The highest BCUT2D eigenvalue weighted by Crippen LogP contribution is 2.32.